The molecule has 4 nitrogen and oxygen atoms in total. The van der Waals surface area contributed by atoms with Gasteiger partial charge in [0.15, 0.2) is 0 Å². The minimum absolute atomic E-state index is 0.515. The molecule has 0 amide bonds. The van der Waals surface area contributed by atoms with Crippen LogP contribution in [0.25, 0.3) is 0 Å². The summed E-state index contributed by atoms with van der Waals surface area (Å²) in [5.41, 5.74) is 8.91. The second kappa shape index (κ2) is 5.54. The van der Waals surface area contributed by atoms with Gasteiger partial charge in [-0.1, -0.05) is 15.9 Å². The largest absolute Gasteiger partial charge is 0.496 e. The van der Waals surface area contributed by atoms with Crippen LogP contribution in [0.4, 0.5) is 0 Å². The summed E-state index contributed by atoms with van der Waals surface area (Å²) in [6, 6.07) is 5.95. The maximum absolute atomic E-state index is 5.65. The molecule has 0 radical (unpaired) electrons. The van der Waals surface area contributed by atoms with Crippen LogP contribution in [-0.2, 0) is 13.1 Å². The molecule has 1 aromatic heterocycles. The smallest absolute Gasteiger partial charge is 0.124 e. The average Bonchev–Trinajstić information content (AvgIpc) is 2.71. The highest BCUT2D eigenvalue weighted by Crippen LogP contribution is 2.24. The Balaban J connectivity index is 2.33. The Bertz CT molecular complexity index is 551. The van der Waals surface area contributed by atoms with Gasteiger partial charge < -0.3 is 10.5 Å². The maximum atomic E-state index is 5.65. The van der Waals surface area contributed by atoms with Crippen LogP contribution in [-0.4, -0.2) is 16.9 Å². The van der Waals surface area contributed by atoms with Gasteiger partial charge in [-0.3, -0.25) is 4.68 Å². The molecule has 2 N–H and O–H groups in total. The Morgan fingerprint density at radius 3 is 2.78 bits per heavy atom. The maximum Gasteiger partial charge on any atom is 0.124 e. The molecule has 0 saturated carbocycles. The lowest BCUT2D eigenvalue weighted by Gasteiger charge is -2.10. The summed E-state index contributed by atoms with van der Waals surface area (Å²) in [6.07, 6.45) is 1.82. The van der Waals surface area contributed by atoms with Crippen molar-refractivity contribution in [2.24, 2.45) is 5.73 Å². The summed E-state index contributed by atoms with van der Waals surface area (Å²) in [5, 5.41) is 4.35. The van der Waals surface area contributed by atoms with Crippen LogP contribution < -0.4 is 10.5 Å². The number of halogens is 1. The molecule has 2 aromatic rings. The highest BCUT2D eigenvalue weighted by Gasteiger charge is 2.09. The number of aromatic nitrogens is 2. The summed E-state index contributed by atoms with van der Waals surface area (Å²) >= 11 is 3.47. The average molecular weight is 310 g/mol. The Hall–Kier alpha value is -1.33. The number of methoxy groups -OCH3 is 1. The number of nitrogens with two attached hydrogens (primary N) is 1. The van der Waals surface area contributed by atoms with E-state index in [0.29, 0.717) is 13.1 Å². The lowest BCUT2D eigenvalue weighted by atomic mass is 10.2. The van der Waals surface area contributed by atoms with Crippen molar-refractivity contribution in [3.05, 3.63) is 45.7 Å². The molecule has 18 heavy (non-hydrogen) atoms. The van der Waals surface area contributed by atoms with Gasteiger partial charge in [-0.25, -0.2) is 0 Å². The molecule has 1 heterocycles. The number of benzene rings is 1. The summed E-state index contributed by atoms with van der Waals surface area (Å²) < 4.78 is 8.33. The van der Waals surface area contributed by atoms with Crippen molar-refractivity contribution in [1.82, 2.24) is 9.78 Å². The number of ether oxygens (including phenoxy) is 1. The molecule has 0 fully saturated rings. The molecule has 5 heteroatoms. The van der Waals surface area contributed by atoms with E-state index in [1.807, 2.05) is 36.0 Å². The second-order valence-electron chi connectivity index (χ2n) is 4.07. The molecule has 0 aliphatic carbocycles. The van der Waals surface area contributed by atoms with Crippen molar-refractivity contribution in [3.8, 4) is 5.75 Å². The molecule has 0 unspecified atom stereocenters. The lowest BCUT2D eigenvalue weighted by Crippen LogP contribution is -2.06. The van der Waals surface area contributed by atoms with E-state index in [9.17, 15) is 0 Å². The number of hydrogen-bond donors (Lipinski definition) is 1. The Morgan fingerprint density at radius 1 is 1.39 bits per heavy atom. The molecule has 0 atom stereocenters. The summed E-state index contributed by atoms with van der Waals surface area (Å²) in [4.78, 5) is 0. The van der Waals surface area contributed by atoms with Gasteiger partial charge in [0.1, 0.15) is 5.75 Å². The van der Waals surface area contributed by atoms with Crippen LogP contribution in [0, 0.1) is 6.92 Å². The van der Waals surface area contributed by atoms with Crippen molar-refractivity contribution in [3.63, 3.8) is 0 Å². The van der Waals surface area contributed by atoms with E-state index in [2.05, 4.69) is 21.0 Å². The van der Waals surface area contributed by atoms with Crippen LogP contribution in [0.2, 0.25) is 0 Å². The molecular weight excluding hydrogens is 294 g/mol. The summed E-state index contributed by atoms with van der Waals surface area (Å²) in [6.45, 7) is 3.22. The Kier molecular flexibility index (Phi) is 4.04. The van der Waals surface area contributed by atoms with Gasteiger partial charge in [-0.15, -0.1) is 0 Å². The molecule has 0 aliphatic heterocycles. The standard InChI is InChI=1S/C13H16BrN3O/c1-9-11(6-15)7-16-17(9)8-10-5-12(14)3-4-13(10)18-2/h3-5,7H,6,8,15H2,1-2H3. The Morgan fingerprint density at radius 2 is 2.17 bits per heavy atom. The molecule has 96 valence electrons. The third-order valence-electron chi connectivity index (χ3n) is 2.99. The second-order valence-corrected chi connectivity index (χ2v) is 4.99. The number of nitrogens with zero attached hydrogens (tertiary/aromatic N) is 2. The lowest BCUT2D eigenvalue weighted by molar-refractivity contribution is 0.407. The topological polar surface area (TPSA) is 53.1 Å². The predicted octanol–water partition coefficient (Wildman–Crippen LogP) is 2.47. The van der Waals surface area contributed by atoms with Gasteiger partial charge in [-0.2, -0.15) is 5.10 Å². The first-order chi connectivity index (χ1) is 8.65. The van der Waals surface area contributed by atoms with Crippen LogP contribution in [0.5, 0.6) is 5.75 Å². The fraction of sp³-hybridized carbons (Fsp3) is 0.308. The minimum Gasteiger partial charge on any atom is -0.496 e. The van der Waals surface area contributed by atoms with E-state index in [0.717, 1.165) is 27.0 Å². The van der Waals surface area contributed by atoms with E-state index in [-0.39, 0.29) is 0 Å². The molecule has 0 saturated heterocycles. The highest BCUT2D eigenvalue weighted by molar-refractivity contribution is 9.10. The van der Waals surface area contributed by atoms with Gasteiger partial charge in [0.05, 0.1) is 19.9 Å². The first-order valence-corrected chi connectivity index (χ1v) is 6.48. The zero-order valence-electron chi connectivity index (χ0n) is 10.5. The number of rotatable bonds is 4. The van der Waals surface area contributed by atoms with Crippen molar-refractivity contribution in [2.75, 3.05) is 7.11 Å². The zero-order valence-corrected chi connectivity index (χ0v) is 12.1. The predicted molar refractivity (Wildman–Crippen MR) is 74.7 cm³/mol. The number of hydrogen-bond acceptors (Lipinski definition) is 3. The molecular formula is C13H16BrN3O. The SMILES string of the molecule is COc1ccc(Br)cc1Cn1ncc(CN)c1C. The van der Waals surface area contributed by atoms with Gasteiger partial charge in [0, 0.05) is 27.8 Å². The van der Waals surface area contributed by atoms with Crippen molar-refractivity contribution in [2.45, 2.75) is 20.0 Å². The highest BCUT2D eigenvalue weighted by atomic mass is 79.9. The van der Waals surface area contributed by atoms with Gasteiger partial charge in [0.25, 0.3) is 0 Å². The van der Waals surface area contributed by atoms with Crippen LogP contribution in [0.15, 0.2) is 28.9 Å². The van der Waals surface area contributed by atoms with E-state index in [4.69, 9.17) is 10.5 Å². The van der Waals surface area contributed by atoms with Crippen LogP contribution >= 0.6 is 15.9 Å². The molecule has 0 aliphatic rings. The fourth-order valence-electron chi connectivity index (χ4n) is 1.88. The monoisotopic (exact) mass is 309 g/mol. The van der Waals surface area contributed by atoms with E-state index in [1.54, 1.807) is 7.11 Å². The fourth-order valence-corrected chi connectivity index (χ4v) is 2.29. The normalized spacial score (nSPS) is 10.7. The molecule has 2 rings (SSSR count). The molecule has 0 bridgehead atoms. The van der Waals surface area contributed by atoms with E-state index < -0.39 is 0 Å². The van der Waals surface area contributed by atoms with Crippen molar-refractivity contribution >= 4 is 15.9 Å². The third kappa shape index (κ3) is 2.57. The van der Waals surface area contributed by atoms with Gasteiger partial charge >= 0.3 is 0 Å². The van der Waals surface area contributed by atoms with Gasteiger partial charge in [0.2, 0.25) is 0 Å². The van der Waals surface area contributed by atoms with E-state index in [1.165, 1.54) is 0 Å². The molecule has 1 aromatic carbocycles. The van der Waals surface area contributed by atoms with Gasteiger partial charge in [-0.05, 0) is 25.1 Å². The first-order valence-electron chi connectivity index (χ1n) is 5.69. The van der Waals surface area contributed by atoms with E-state index >= 15 is 0 Å². The Labute approximate surface area is 115 Å². The molecule has 0 spiro atoms. The minimum atomic E-state index is 0.515. The van der Waals surface area contributed by atoms with Crippen LogP contribution in [0.1, 0.15) is 16.8 Å². The van der Waals surface area contributed by atoms with Crippen molar-refractivity contribution < 1.29 is 4.74 Å². The quantitative estimate of drug-likeness (QED) is 0.944. The van der Waals surface area contributed by atoms with Crippen molar-refractivity contribution in [1.29, 1.82) is 0 Å². The zero-order chi connectivity index (χ0) is 13.1. The summed E-state index contributed by atoms with van der Waals surface area (Å²) in [7, 11) is 1.67. The van der Waals surface area contributed by atoms with Crippen LogP contribution in [0.3, 0.4) is 0 Å². The third-order valence-corrected chi connectivity index (χ3v) is 3.48. The summed E-state index contributed by atoms with van der Waals surface area (Å²) in [5.74, 6) is 0.863. The first kappa shape index (κ1) is 13.1.